The smallest absolute Gasteiger partial charge is 0.326 e. The number of nitrogens with two attached hydrogens (primary N) is 1. The molecule has 1 saturated heterocycles. The van der Waals surface area contributed by atoms with Crippen LogP contribution in [0.15, 0.2) is 24.3 Å². The summed E-state index contributed by atoms with van der Waals surface area (Å²) < 4.78 is 0. The van der Waals surface area contributed by atoms with Crippen LogP contribution in [-0.4, -0.2) is 81.5 Å². The highest BCUT2D eigenvalue weighted by molar-refractivity contribution is 5.95. The Morgan fingerprint density at radius 1 is 0.977 bits per heavy atom. The number of benzene rings is 1. The van der Waals surface area contributed by atoms with E-state index in [0.29, 0.717) is 37.8 Å². The van der Waals surface area contributed by atoms with E-state index in [-0.39, 0.29) is 36.3 Å². The van der Waals surface area contributed by atoms with E-state index in [1.807, 2.05) is 27.7 Å². The molecule has 43 heavy (non-hydrogen) atoms. The maximum absolute atomic E-state index is 13.7. The molecule has 2 rings (SSSR count). The van der Waals surface area contributed by atoms with E-state index < -0.39 is 53.9 Å². The number of nitrogens with one attached hydrogen (secondary N) is 3. The van der Waals surface area contributed by atoms with E-state index in [1.54, 1.807) is 19.1 Å². The number of amides is 4. The number of phenols is 1. The van der Waals surface area contributed by atoms with Crippen LogP contribution in [-0.2, 0) is 30.4 Å². The van der Waals surface area contributed by atoms with E-state index in [1.165, 1.54) is 17.0 Å². The number of likely N-dealkylation sites (tertiary alicyclic amines) is 1. The number of carbonyl (C=O) groups is 5. The highest BCUT2D eigenvalue weighted by Crippen LogP contribution is 2.20. The van der Waals surface area contributed by atoms with E-state index in [9.17, 15) is 34.2 Å². The summed E-state index contributed by atoms with van der Waals surface area (Å²) in [5.41, 5.74) is 6.70. The van der Waals surface area contributed by atoms with Gasteiger partial charge in [-0.2, -0.15) is 0 Å². The lowest BCUT2D eigenvalue weighted by Crippen LogP contribution is -2.59. The number of aliphatic carboxylic acids is 1. The number of hydrogen-bond acceptors (Lipinski definition) is 7. The van der Waals surface area contributed by atoms with Gasteiger partial charge >= 0.3 is 5.97 Å². The molecular formula is C31H49N5O7. The van der Waals surface area contributed by atoms with Crippen molar-refractivity contribution in [2.45, 2.75) is 110 Å². The standard InChI is InChI=1S/C31H49N5O7/c1-6-9-22(32)30(41)36-15-8-10-25(36)28(39)33-23(17-20-11-13-21(37)14-12-20)27(38)35-26(19(5)7-2)29(40)34-24(31(42)43)16-18(3)4/h11-14,18-19,22-26,37H,6-10,15-17,32H2,1-5H3,(H,33,39)(H,34,40)(H,35,38)(H,42,43)/t19-,22-,23-,24-,25-,26-/m0/s1. The molecule has 0 unspecified atom stereocenters. The van der Waals surface area contributed by atoms with Crippen molar-refractivity contribution in [1.29, 1.82) is 0 Å². The van der Waals surface area contributed by atoms with Crippen LogP contribution < -0.4 is 21.7 Å². The number of hydrogen-bond donors (Lipinski definition) is 6. The van der Waals surface area contributed by atoms with Gasteiger partial charge in [0, 0.05) is 13.0 Å². The SMILES string of the molecule is CCC[C@H](N)C(=O)N1CCC[C@H]1C(=O)N[C@@H](Cc1ccc(O)cc1)C(=O)N[C@H](C(=O)N[C@@H](CC(C)C)C(=O)O)[C@@H](C)CC. The van der Waals surface area contributed by atoms with Crippen LogP contribution >= 0.6 is 0 Å². The molecule has 0 aromatic heterocycles. The fourth-order valence-corrected chi connectivity index (χ4v) is 5.21. The van der Waals surface area contributed by atoms with Gasteiger partial charge in [-0.15, -0.1) is 0 Å². The Hall–Kier alpha value is -3.67. The van der Waals surface area contributed by atoms with Crippen LogP contribution in [0.3, 0.4) is 0 Å². The molecule has 1 aliphatic heterocycles. The summed E-state index contributed by atoms with van der Waals surface area (Å²) in [6.45, 7) is 9.64. The zero-order valence-electron chi connectivity index (χ0n) is 26.0. The maximum atomic E-state index is 13.7. The van der Waals surface area contributed by atoms with Crippen molar-refractivity contribution in [2.24, 2.45) is 17.6 Å². The lowest BCUT2D eigenvalue weighted by molar-refractivity contribution is -0.143. The van der Waals surface area contributed by atoms with Crippen LogP contribution in [0.1, 0.15) is 78.7 Å². The zero-order valence-corrected chi connectivity index (χ0v) is 26.0. The molecule has 0 saturated carbocycles. The Morgan fingerprint density at radius 2 is 1.63 bits per heavy atom. The second-order valence-corrected chi connectivity index (χ2v) is 11.9. The molecule has 1 heterocycles. The van der Waals surface area contributed by atoms with Gasteiger partial charge in [-0.3, -0.25) is 19.2 Å². The lowest BCUT2D eigenvalue weighted by Gasteiger charge is -2.30. The molecule has 1 aromatic rings. The van der Waals surface area contributed by atoms with Crippen LogP contribution in [0.5, 0.6) is 5.75 Å². The molecule has 0 radical (unpaired) electrons. The van der Waals surface area contributed by atoms with E-state index in [0.717, 1.165) is 6.42 Å². The molecular weight excluding hydrogens is 554 g/mol. The average Bonchev–Trinajstić information content (AvgIpc) is 3.45. The van der Waals surface area contributed by atoms with Crippen molar-refractivity contribution in [1.82, 2.24) is 20.9 Å². The van der Waals surface area contributed by atoms with Crippen molar-refractivity contribution in [3.8, 4) is 5.75 Å². The maximum Gasteiger partial charge on any atom is 0.326 e. The summed E-state index contributed by atoms with van der Waals surface area (Å²) in [7, 11) is 0. The summed E-state index contributed by atoms with van der Waals surface area (Å²) in [5, 5.41) is 27.4. The lowest BCUT2D eigenvalue weighted by atomic mass is 9.96. The molecule has 1 aliphatic rings. The first kappa shape index (κ1) is 35.5. The topological polar surface area (TPSA) is 191 Å². The normalized spacial score (nSPS) is 18.3. The first-order chi connectivity index (χ1) is 20.3. The Labute approximate surface area is 254 Å². The van der Waals surface area contributed by atoms with E-state index >= 15 is 0 Å². The molecule has 1 fully saturated rings. The highest BCUT2D eigenvalue weighted by Gasteiger charge is 2.38. The van der Waals surface area contributed by atoms with Crippen LogP contribution in [0.2, 0.25) is 0 Å². The molecule has 12 heteroatoms. The van der Waals surface area contributed by atoms with Gasteiger partial charge in [0.2, 0.25) is 23.6 Å². The minimum atomic E-state index is -1.16. The van der Waals surface area contributed by atoms with Crippen molar-refractivity contribution >= 4 is 29.6 Å². The van der Waals surface area contributed by atoms with E-state index in [4.69, 9.17) is 5.73 Å². The van der Waals surface area contributed by atoms with Gasteiger partial charge in [0.15, 0.2) is 0 Å². The fraction of sp³-hybridized carbons (Fsp3) is 0.645. The minimum absolute atomic E-state index is 0.0153. The van der Waals surface area contributed by atoms with Gasteiger partial charge in [-0.05, 0) is 55.2 Å². The van der Waals surface area contributed by atoms with Gasteiger partial charge in [0.1, 0.15) is 29.9 Å². The number of carbonyl (C=O) groups excluding carboxylic acids is 4. The van der Waals surface area contributed by atoms with Gasteiger partial charge < -0.3 is 36.8 Å². The predicted molar refractivity (Wildman–Crippen MR) is 162 cm³/mol. The largest absolute Gasteiger partial charge is 0.508 e. The zero-order chi connectivity index (χ0) is 32.3. The van der Waals surface area contributed by atoms with Crippen LogP contribution in [0, 0.1) is 11.8 Å². The number of aromatic hydroxyl groups is 1. The van der Waals surface area contributed by atoms with Crippen LogP contribution in [0.25, 0.3) is 0 Å². The van der Waals surface area contributed by atoms with Crippen molar-refractivity contribution in [3.05, 3.63) is 29.8 Å². The van der Waals surface area contributed by atoms with Gasteiger partial charge in [0.25, 0.3) is 0 Å². The van der Waals surface area contributed by atoms with Gasteiger partial charge in [-0.25, -0.2) is 4.79 Å². The Bertz CT molecular complexity index is 1110. The summed E-state index contributed by atoms with van der Waals surface area (Å²) in [4.78, 5) is 66.8. The third-order valence-electron chi connectivity index (χ3n) is 7.88. The molecule has 6 atom stereocenters. The third-order valence-corrected chi connectivity index (χ3v) is 7.88. The van der Waals surface area contributed by atoms with Crippen molar-refractivity contribution in [3.63, 3.8) is 0 Å². The Morgan fingerprint density at radius 3 is 2.19 bits per heavy atom. The monoisotopic (exact) mass is 603 g/mol. The number of carboxylic acid groups (broad SMARTS) is 1. The second-order valence-electron chi connectivity index (χ2n) is 11.9. The third kappa shape index (κ3) is 10.5. The number of nitrogens with zero attached hydrogens (tertiary/aromatic N) is 1. The molecule has 0 bridgehead atoms. The molecule has 1 aromatic carbocycles. The average molecular weight is 604 g/mol. The van der Waals surface area contributed by atoms with E-state index in [2.05, 4.69) is 16.0 Å². The summed E-state index contributed by atoms with van der Waals surface area (Å²) in [6.07, 6.45) is 3.06. The van der Waals surface area contributed by atoms with Crippen molar-refractivity contribution < 1.29 is 34.2 Å². The number of phenolic OH excluding ortho intramolecular Hbond substituents is 1. The quantitative estimate of drug-likeness (QED) is 0.164. The van der Waals surface area contributed by atoms with Crippen molar-refractivity contribution in [2.75, 3.05) is 6.54 Å². The molecule has 0 spiro atoms. The molecule has 4 amide bonds. The Balaban J connectivity index is 2.30. The molecule has 7 N–H and O–H groups in total. The summed E-state index contributed by atoms with van der Waals surface area (Å²) in [6, 6.07) is 1.39. The number of carboxylic acids is 1. The summed E-state index contributed by atoms with van der Waals surface area (Å²) >= 11 is 0. The first-order valence-electron chi connectivity index (χ1n) is 15.3. The fourth-order valence-electron chi connectivity index (χ4n) is 5.21. The minimum Gasteiger partial charge on any atom is -0.508 e. The van der Waals surface area contributed by atoms with Gasteiger partial charge in [-0.1, -0.05) is 59.6 Å². The molecule has 0 aliphatic carbocycles. The predicted octanol–water partition coefficient (Wildman–Crippen LogP) is 1.68. The summed E-state index contributed by atoms with van der Waals surface area (Å²) in [5.74, 6) is -3.50. The molecule has 240 valence electrons. The van der Waals surface area contributed by atoms with Crippen LogP contribution in [0.4, 0.5) is 0 Å². The Kier molecular flexibility index (Phi) is 13.9. The highest BCUT2D eigenvalue weighted by atomic mass is 16.4. The van der Waals surface area contributed by atoms with Gasteiger partial charge in [0.05, 0.1) is 6.04 Å². The molecule has 12 nitrogen and oxygen atoms in total. The second kappa shape index (κ2) is 16.8. The number of rotatable bonds is 16. The first-order valence-corrected chi connectivity index (χ1v) is 15.3.